The van der Waals surface area contributed by atoms with Gasteiger partial charge in [-0.05, 0) is 47.0 Å². The van der Waals surface area contributed by atoms with E-state index in [-0.39, 0.29) is 5.91 Å². The van der Waals surface area contributed by atoms with Crippen molar-refractivity contribution < 1.29 is 4.79 Å². The standard InChI is InChI=1S/C26H22N2O/c1-26(22-16-15-20-11-5-6-12-21(20)17-22)27-24-14-8-7-13-23(24)25(29)28(26)18-19-9-3-2-4-10-19/h2-17,27H,18H2,1H3. The van der Waals surface area contributed by atoms with E-state index >= 15 is 0 Å². The van der Waals surface area contributed by atoms with Gasteiger partial charge in [0.2, 0.25) is 0 Å². The maximum absolute atomic E-state index is 13.6. The number of amides is 1. The molecule has 0 bridgehead atoms. The highest BCUT2D eigenvalue weighted by atomic mass is 16.2. The molecule has 1 unspecified atom stereocenters. The lowest BCUT2D eigenvalue weighted by molar-refractivity contribution is 0.0509. The van der Waals surface area contributed by atoms with Gasteiger partial charge in [-0.1, -0.05) is 78.9 Å². The molecule has 1 amide bonds. The van der Waals surface area contributed by atoms with Crippen LogP contribution in [0.2, 0.25) is 0 Å². The number of carbonyl (C=O) groups is 1. The second-order valence-electron chi connectivity index (χ2n) is 7.68. The molecule has 1 N–H and O–H groups in total. The van der Waals surface area contributed by atoms with E-state index in [2.05, 4.69) is 54.7 Å². The highest BCUT2D eigenvalue weighted by Crippen LogP contribution is 2.39. The molecule has 3 heteroatoms. The van der Waals surface area contributed by atoms with E-state index in [0.29, 0.717) is 12.1 Å². The van der Waals surface area contributed by atoms with Crippen LogP contribution in [0.15, 0.2) is 97.1 Å². The van der Waals surface area contributed by atoms with Crippen LogP contribution in [0.1, 0.15) is 28.4 Å². The summed E-state index contributed by atoms with van der Waals surface area (Å²) in [5.41, 5.74) is 3.09. The molecule has 0 aromatic heterocycles. The minimum atomic E-state index is -0.661. The number of fused-ring (bicyclic) bond motifs is 2. The third-order valence-corrected chi connectivity index (χ3v) is 5.82. The number of hydrogen-bond donors (Lipinski definition) is 1. The van der Waals surface area contributed by atoms with Gasteiger partial charge in [-0.25, -0.2) is 0 Å². The molecule has 0 saturated heterocycles. The van der Waals surface area contributed by atoms with Gasteiger partial charge >= 0.3 is 0 Å². The second-order valence-corrected chi connectivity index (χ2v) is 7.68. The van der Waals surface area contributed by atoms with Crippen LogP contribution in [0.25, 0.3) is 10.8 Å². The van der Waals surface area contributed by atoms with Crippen LogP contribution < -0.4 is 5.32 Å². The Balaban J connectivity index is 1.66. The molecule has 0 saturated carbocycles. The monoisotopic (exact) mass is 378 g/mol. The fraction of sp³-hybridized carbons (Fsp3) is 0.115. The zero-order chi connectivity index (χ0) is 19.8. The summed E-state index contributed by atoms with van der Waals surface area (Å²) in [6, 6.07) is 32.6. The van der Waals surface area contributed by atoms with E-state index in [4.69, 9.17) is 0 Å². The van der Waals surface area contributed by atoms with Gasteiger partial charge in [-0.3, -0.25) is 4.79 Å². The molecule has 0 radical (unpaired) electrons. The molecule has 1 atom stereocenters. The Bertz CT molecular complexity index is 1200. The first kappa shape index (κ1) is 17.5. The average Bonchev–Trinajstić information content (AvgIpc) is 2.77. The van der Waals surface area contributed by atoms with Crippen LogP contribution in [0.3, 0.4) is 0 Å². The number of hydrogen-bond acceptors (Lipinski definition) is 2. The molecular formula is C26H22N2O. The Hall–Kier alpha value is -3.59. The Morgan fingerprint density at radius 2 is 1.48 bits per heavy atom. The van der Waals surface area contributed by atoms with Crippen LogP contribution >= 0.6 is 0 Å². The zero-order valence-corrected chi connectivity index (χ0v) is 16.3. The number of nitrogens with zero attached hydrogens (tertiary/aromatic N) is 1. The maximum Gasteiger partial charge on any atom is 0.258 e. The third-order valence-electron chi connectivity index (χ3n) is 5.82. The van der Waals surface area contributed by atoms with Crippen molar-refractivity contribution in [2.45, 2.75) is 19.1 Å². The van der Waals surface area contributed by atoms with Crippen LogP contribution in [-0.4, -0.2) is 10.8 Å². The van der Waals surface area contributed by atoms with Gasteiger partial charge in [0, 0.05) is 12.2 Å². The summed E-state index contributed by atoms with van der Waals surface area (Å²) in [5, 5.41) is 6.02. The molecule has 4 aromatic rings. The molecule has 1 heterocycles. The normalized spacial score (nSPS) is 18.4. The first-order chi connectivity index (χ1) is 14.1. The Morgan fingerprint density at radius 1 is 0.793 bits per heavy atom. The third kappa shape index (κ3) is 2.95. The fourth-order valence-corrected chi connectivity index (χ4v) is 4.17. The predicted molar refractivity (Wildman–Crippen MR) is 118 cm³/mol. The number of rotatable bonds is 3. The van der Waals surface area contributed by atoms with Gasteiger partial charge in [0.05, 0.1) is 5.56 Å². The highest BCUT2D eigenvalue weighted by molar-refractivity contribution is 6.02. The van der Waals surface area contributed by atoms with Crippen LogP contribution in [-0.2, 0) is 12.2 Å². The van der Waals surface area contributed by atoms with Crippen LogP contribution in [0.4, 0.5) is 5.69 Å². The molecule has 5 rings (SSSR count). The number of para-hydroxylation sites is 1. The molecule has 142 valence electrons. The van der Waals surface area contributed by atoms with Crippen molar-refractivity contribution in [1.29, 1.82) is 0 Å². The largest absolute Gasteiger partial charge is 0.358 e. The van der Waals surface area contributed by atoms with Gasteiger partial charge in [-0.15, -0.1) is 0 Å². The summed E-state index contributed by atoms with van der Waals surface area (Å²) in [7, 11) is 0. The van der Waals surface area contributed by atoms with Crippen molar-refractivity contribution in [2.75, 3.05) is 5.32 Å². The van der Waals surface area contributed by atoms with Gasteiger partial charge in [0.1, 0.15) is 5.66 Å². The zero-order valence-electron chi connectivity index (χ0n) is 16.3. The summed E-state index contributed by atoms with van der Waals surface area (Å²) in [6.45, 7) is 2.62. The van der Waals surface area contributed by atoms with Crippen molar-refractivity contribution in [3.8, 4) is 0 Å². The Morgan fingerprint density at radius 3 is 2.31 bits per heavy atom. The molecule has 4 aromatic carbocycles. The number of anilines is 1. The van der Waals surface area contributed by atoms with Crippen molar-refractivity contribution in [2.24, 2.45) is 0 Å². The second kappa shape index (κ2) is 6.78. The van der Waals surface area contributed by atoms with Crippen molar-refractivity contribution >= 4 is 22.4 Å². The maximum atomic E-state index is 13.6. The lowest BCUT2D eigenvalue weighted by Crippen LogP contribution is -2.55. The predicted octanol–water partition coefficient (Wildman–Crippen LogP) is 5.78. The number of nitrogens with one attached hydrogen (secondary N) is 1. The van der Waals surface area contributed by atoms with Gasteiger partial charge < -0.3 is 10.2 Å². The van der Waals surface area contributed by atoms with Crippen LogP contribution in [0, 0.1) is 0 Å². The Labute approximate surface area is 170 Å². The summed E-state index contributed by atoms with van der Waals surface area (Å²) < 4.78 is 0. The lowest BCUT2D eigenvalue weighted by atomic mass is 9.91. The first-order valence-corrected chi connectivity index (χ1v) is 9.87. The summed E-state index contributed by atoms with van der Waals surface area (Å²) in [6.07, 6.45) is 0. The van der Waals surface area contributed by atoms with Gasteiger partial charge in [0.15, 0.2) is 0 Å². The minimum absolute atomic E-state index is 0.0406. The van der Waals surface area contributed by atoms with Gasteiger partial charge in [0.25, 0.3) is 5.91 Å². The van der Waals surface area contributed by atoms with E-state index in [9.17, 15) is 4.79 Å². The van der Waals surface area contributed by atoms with Gasteiger partial charge in [-0.2, -0.15) is 0 Å². The van der Waals surface area contributed by atoms with Crippen molar-refractivity contribution in [3.63, 3.8) is 0 Å². The molecule has 29 heavy (non-hydrogen) atoms. The molecule has 0 fully saturated rings. The molecule has 1 aliphatic rings. The summed E-state index contributed by atoms with van der Waals surface area (Å²) in [5.74, 6) is 0.0406. The number of benzene rings is 4. The van der Waals surface area contributed by atoms with E-state index in [1.54, 1.807) is 0 Å². The number of carbonyl (C=O) groups excluding carboxylic acids is 1. The topological polar surface area (TPSA) is 32.3 Å². The average molecular weight is 378 g/mol. The molecule has 0 spiro atoms. The van der Waals surface area contributed by atoms with Crippen molar-refractivity contribution in [3.05, 3.63) is 114 Å². The Kier molecular flexibility index (Phi) is 4.09. The lowest BCUT2D eigenvalue weighted by Gasteiger charge is -2.47. The molecule has 3 nitrogen and oxygen atoms in total. The SMILES string of the molecule is CC1(c2ccc3ccccc3c2)Nc2ccccc2C(=O)N1Cc1ccccc1. The summed E-state index contributed by atoms with van der Waals surface area (Å²) >= 11 is 0. The van der Waals surface area contributed by atoms with E-state index in [1.165, 1.54) is 10.8 Å². The van der Waals surface area contributed by atoms with E-state index in [1.807, 2.05) is 59.5 Å². The summed E-state index contributed by atoms with van der Waals surface area (Å²) in [4.78, 5) is 15.5. The minimum Gasteiger partial charge on any atom is -0.358 e. The van der Waals surface area contributed by atoms with E-state index < -0.39 is 5.66 Å². The van der Waals surface area contributed by atoms with E-state index in [0.717, 1.165) is 16.8 Å². The first-order valence-electron chi connectivity index (χ1n) is 9.87. The highest BCUT2D eigenvalue weighted by Gasteiger charge is 2.42. The quantitative estimate of drug-likeness (QED) is 0.490. The fourth-order valence-electron chi connectivity index (χ4n) is 4.17. The molecular weight excluding hydrogens is 356 g/mol. The molecule has 0 aliphatic carbocycles. The van der Waals surface area contributed by atoms with Crippen molar-refractivity contribution in [1.82, 2.24) is 4.90 Å². The smallest absolute Gasteiger partial charge is 0.258 e. The molecule has 1 aliphatic heterocycles. The van der Waals surface area contributed by atoms with Crippen LogP contribution in [0.5, 0.6) is 0 Å².